The molecule has 0 aromatic heterocycles. The summed E-state index contributed by atoms with van der Waals surface area (Å²) in [5, 5.41) is 18.4. The first-order valence-electron chi connectivity index (χ1n) is 24.5. The zero-order chi connectivity index (χ0) is 43.2. The second-order valence-corrected chi connectivity index (χ2v) is 17.9. The third-order valence-electron chi connectivity index (χ3n) is 10.5. The van der Waals surface area contributed by atoms with E-state index in [1.54, 1.807) is 0 Å². The van der Waals surface area contributed by atoms with Crippen LogP contribution in [0.4, 0.5) is 0 Å². The summed E-state index contributed by atoms with van der Waals surface area (Å²) in [6.07, 6.45) is 51.1. The Morgan fingerprint density at radius 3 is 1.42 bits per heavy atom. The highest BCUT2D eigenvalue weighted by Crippen LogP contribution is 2.43. The van der Waals surface area contributed by atoms with Gasteiger partial charge in [-0.05, 0) is 64.2 Å². The van der Waals surface area contributed by atoms with Crippen molar-refractivity contribution in [3.8, 4) is 0 Å². The molecule has 0 aromatic carbocycles. The number of phosphoric acid groups is 1. The summed E-state index contributed by atoms with van der Waals surface area (Å²) < 4.78 is 33.4. The minimum absolute atomic E-state index is 0.0432. The maximum absolute atomic E-state index is 12.7. The molecule has 0 saturated carbocycles. The summed E-state index contributed by atoms with van der Waals surface area (Å²) in [4.78, 5) is 22.7. The molecule has 0 bridgehead atoms. The van der Waals surface area contributed by atoms with Gasteiger partial charge in [-0.1, -0.05) is 192 Å². The molecule has 3 unspecified atom stereocenters. The number of hydrogen-bond donors (Lipinski definition) is 3. The molecule has 0 aromatic rings. The smallest absolute Gasteiger partial charge is 0.457 e. The van der Waals surface area contributed by atoms with Gasteiger partial charge in [0.15, 0.2) is 0 Å². The zero-order valence-corrected chi connectivity index (χ0v) is 39.1. The molecule has 10 heteroatoms. The highest BCUT2D eigenvalue weighted by atomic mass is 31.2. The largest absolute Gasteiger partial charge is 0.472 e. The minimum atomic E-state index is -4.52. The Morgan fingerprint density at radius 2 is 0.932 bits per heavy atom. The van der Waals surface area contributed by atoms with Crippen molar-refractivity contribution in [2.45, 2.75) is 238 Å². The molecule has 0 radical (unpaired) electrons. The van der Waals surface area contributed by atoms with Gasteiger partial charge >= 0.3 is 13.8 Å². The lowest BCUT2D eigenvalue weighted by molar-refractivity contribution is -0.154. The van der Waals surface area contributed by atoms with Gasteiger partial charge in [-0.15, -0.1) is 0 Å². The van der Waals surface area contributed by atoms with E-state index in [1.165, 1.54) is 154 Å². The molecule has 9 nitrogen and oxygen atoms in total. The molecule has 0 aliphatic rings. The first-order chi connectivity index (χ1) is 28.8. The van der Waals surface area contributed by atoms with Crippen LogP contribution in [0.1, 0.15) is 226 Å². The molecule has 59 heavy (non-hydrogen) atoms. The van der Waals surface area contributed by atoms with Crippen LogP contribution in [0.15, 0.2) is 36.5 Å². The number of hydrogen-bond acceptors (Lipinski definition) is 8. The Labute approximate surface area is 363 Å². The predicted molar refractivity (Wildman–Crippen MR) is 247 cm³/mol. The lowest BCUT2D eigenvalue weighted by Crippen LogP contribution is -2.29. The third kappa shape index (κ3) is 46.0. The summed E-state index contributed by atoms with van der Waals surface area (Å²) in [6.45, 7) is 3.48. The molecule has 0 saturated heterocycles. The number of esters is 1. The van der Waals surface area contributed by atoms with E-state index in [-0.39, 0.29) is 25.6 Å². The van der Waals surface area contributed by atoms with Crippen molar-refractivity contribution in [2.24, 2.45) is 0 Å². The summed E-state index contributed by atoms with van der Waals surface area (Å²) >= 11 is 0. The molecule has 0 fully saturated rings. The average Bonchev–Trinajstić information content (AvgIpc) is 3.23. The van der Waals surface area contributed by atoms with Crippen LogP contribution in [-0.4, -0.2) is 66.3 Å². The third-order valence-corrected chi connectivity index (χ3v) is 11.5. The Bertz CT molecular complexity index is 1020. The van der Waals surface area contributed by atoms with Gasteiger partial charge in [0, 0.05) is 13.0 Å². The molecular formula is C49H93O9P. The lowest BCUT2D eigenvalue weighted by Gasteiger charge is -2.20. The molecule has 0 spiro atoms. The fourth-order valence-electron chi connectivity index (χ4n) is 6.78. The van der Waals surface area contributed by atoms with E-state index in [9.17, 15) is 19.4 Å². The molecule has 0 heterocycles. The number of carbonyl (C=O) groups excluding carboxylic acids is 1. The first-order valence-corrected chi connectivity index (χ1v) is 26.0. The van der Waals surface area contributed by atoms with E-state index in [4.69, 9.17) is 23.6 Å². The van der Waals surface area contributed by atoms with Crippen molar-refractivity contribution < 1.29 is 43.0 Å². The van der Waals surface area contributed by atoms with Crippen LogP contribution in [-0.2, 0) is 27.9 Å². The van der Waals surface area contributed by atoms with Gasteiger partial charge in [0.05, 0.1) is 26.4 Å². The van der Waals surface area contributed by atoms with E-state index in [0.717, 1.165) is 51.4 Å². The van der Waals surface area contributed by atoms with Crippen molar-refractivity contribution in [1.29, 1.82) is 0 Å². The SMILES string of the molecule is CCCC/C=C\C/C=C\CCCCCCCCOCC(COP(=O)(O)OCC(O)CO)OC(=O)CCCCCCCCCCCCC/C=C\CCCCCCCCCC. The predicted octanol–water partition coefficient (Wildman–Crippen LogP) is 14.0. The van der Waals surface area contributed by atoms with Gasteiger partial charge in [-0.3, -0.25) is 13.8 Å². The average molecular weight is 857 g/mol. The monoisotopic (exact) mass is 857 g/mol. The van der Waals surface area contributed by atoms with Crippen molar-refractivity contribution in [3.05, 3.63) is 36.5 Å². The van der Waals surface area contributed by atoms with Crippen molar-refractivity contribution >= 4 is 13.8 Å². The number of carbonyl (C=O) groups is 1. The van der Waals surface area contributed by atoms with E-state index in [2.05, 4.69) is 50.3 Å². The van der Waals surface area contributed by atoms with Gasteiger partial charge in [-0.25, -0.2) is 4.57 Å². The number of aliphatic hydroxyl groups excluding tert-OH is 2. The quantitative estimate of drug-likeness (QED) is 0.0237. The van der Waals surface area contributed by atoms with E-state index in [0.29, 0.717) is 6.61 Å². The fraction of sp³-hybridized carbons (Fsp3) is 0.857. The van der Waals surface area contributed by atoms with Crippen molar-refractivity contribution in [2.75, 3.05) is 33.0 Å². The van der Waals surface area contributed by atoms with Gasteiger partial charge in [0.25, 0.3) is 0 Å². The van der Waals surface area contributed by atoms with E-state index in [1.807, 2.05) is 0 Å². The normalized spacial score (nSPS) is 14.2. The molecule has 3 N–H and O–H groups in total. The van der Waals surface area contributed by atoms with Gasteiger partial charge in [-0.2, -0.15) is 0 Å². The number of aliphatic hydroxyl groups is 2. The second-order valence-electron chi connectivity index (χ2n) is 16.5. The fourth-order valence-corrected chi connectivity index (χ4v) is 7.57. The zero-order valence-electron chi connectivity index (χ0n) is 38.2. The van der Waals surface area contributed by atoms with Crippen molar-refractivity contribution in [1.82, 2.24) is 0 Å². The van der Waals surface area contributed by atoms with Gasteiger partial charge in [0.1, 0.15) is 12.2 Å². The summed E-state index contributed by atoms with van der Waals surface area (Å²) in [6, 6.07) is 0. The highest BCUT2D eigenvalue weighted by molar-refractivity contribution is 7.47. The number of rotatable bonds is 47. The minimum Gasteiger partial charge on any atom is -0.457 e. The molecule has 0 amide bonds. The Kier molecular flexibility index (Phi) is 45.2. The summed E-state index contributed by atoms with van der Waals surface area (Å²) in [5.41, 5.74) is 0. The number of phosphoric ester groups is 1. The van der Waals surface area contributed by atoms with Crippen LogP contribution in [0.25, 0.3) is 0 Å². The Balaban J connectivity index is 4.07. The number of allylic oxidation sites excluding steroid dienone is 6. The molecule has 0 aliphatic heterocycles. The summed E-state index contributed by atoms with van der Waals surface area (Å²) in [7, 11) is -4.52. The Hall–Kier alpha value is -1.32. The summed E-state index contributed by atoms with van der Waals surface area (Å²) in [5.74, 6) is -0.385. The van der Waals surface area contributed by atoms with Gasteiger partial charge < -0.3 is 24.6 Å². The molecule has 0 aliphatic carbocycles. The van der Waals surface area contributed by atoms with E-state index >= 15 is 0 Å². The Morgan fingerprint density at radius 1 is 0.525 bits per heavy atom. The molecule has 3 atom stereocenters. The van der Waals surface area contributed by atoms with Crippen LogP contribution in [0.2, 0.25) is 0 Å². The lowest BCUT2D eigenvalue weighted by atomic mass is 10.0. The number of ether oxygens (including phenoxy) is 2. The maximum Gasteiger partial charge on any atom is 0.472 e. The van der Waals surface area contributed by atoms with Crippen LogP contribution in [0, 0.1) is 0 Å². The standard InChI is InChI=1S/C49H93O9P/c1-3-5-7-9-11-13-15-17-19-20-21-22-23-24-25-26-27-29-31-33-35-37-39-41-49(52)58-48(46-57-59(53,54)56-44-47(51)43-50)45-55-42-40-38-36-34-32-30-28-18-16-14-12-10-8-6-4-2/h10,12,16,18,20-21,47-48,50-51H,3-9,11,13-15,17,19,22-46H2,1-2H3,(H,53,54)/b12-10-,18-16-,21-20-. The first kappa shape index (κ1) is 57.7. The maximum atomic E-state index is 12.7. The second kappa shape index (κ2) is 46.2. The van der Waals surface area contributed by atoms with Crippen LogP contribution in [0.5, 0.6) is 0 Å². The van der Waals surface area contributed by atoms with Crippen LogP contribution < -0.4 is 0 Å². The van der Waals surface area contributed by atoms with Gasteiger partial charge in [0.2, 0.25) is 0 Å². The molecule has 0 rings (SSSR count). The van der Waals surface area contributed by atoms with Crippen LogP contribution >= 0.6 is 7.82 Å². The van der Waals surface area contributed by atoms with Crippen LogP contribution in [0.3, 0.4) is 0 Å². The van der Waals surface area contributed by atoms with E-state index < -0.39 is 33.2 Å². The molecule has 348 valence electrons. The molecular weight excluding hydrogens is 764 g/mol. The number of unbranched alkanes of at least 4 members (excludes halogenated alkanes) is 27. The topological polar surface area (TPSA) is 132 Å². The van der Waals surface area contributed by atoms with Crippen molar-refractivity contribution in [3.63, 3.8) is 0 Å². The highest BCUT2D eigenvalue weighted by Gasteiger charge is 2.26.